The topological polar surface area (TPSA) is 70.1 Å². The molecule has 5 nitrogen and oxygen atoms in total. The molecular formula is C13H23N3O2. The number of imidazole rings is 1. The summed E-state index contributed by atoms with van der Waals surface area (Å²) < 4.78 is 6.91. The molecule has 1 aromatic rings. The van der Waals surface area contributed by atoms with Gasteiger partial charge in [0.2, 0.25) is 0 Å². The smallest absolute Gasteiger partial charge is 0.360 e. The van der Waals surface area contributed by atoms with E-state index in [1.54, 1.807) is 6.92 Å². The largest absolute Gasteiger partial charge is 0.461 e. The van der Waals surface area contributed by atoms with Gasteiger partial charge in [0, 0.05) is 6.04 Å². The third-order valence-electron chi connectivity index (χ3n) is 3.05. The molecule has 5 heteroatoms. The maximum Gasteiger partial charge on any atom is 0.360 e. The Hall–Kier alpha value is -1.52. The molecule has 1 aromatic heterocycles. The van der Waals surface area contributed by atoms with Gasteiger partial charge in [-0.3, -0.25) is 0 Å². The minimum Gasteiger partial charge on any atom is -0.461 e. The van der Waals surface area contributed by atoms with Crippen LogP contribution in [0, 0.1) is 6.92 Å². The lowest BCUT2D eigenvalue weighted by atomic mass is 10.1. The highest BCUT2D eigenvalue weighted by atomic mass is 16.5. The summed E-state index contributed by atoms with van der Waals surface area (Å²) in [6.07, 6.45) is 3.07. The van der Waals surface area contributed by atoms with Gasteiger partial charge in [-0.05, 0) is 26.7 Å². The first-order valence-corrected chi connectivity index (χ1v) is 6.58. The predicted molar refractivity (Wildman–Crippen MR) is 71.6 cm³/mol. The second-order valence-electron chi connectivity index (χ2n) is 4.33. The summed E-state index contributed by atoms with van der Waals surface area (Å²) in [5.41, 5.74) is 6.28. The number of aromatic nitrogens is 2. The van der Waals surface area contributed by atoms with E-state index in [-0.39, 0.29) is 5.69 Å². The number of ether oxygens (including phenoxy) is 1. The van der Waals surface area contributed by atoms with E-state index in [4.69, 9.17) is 10.5 Å². The Labute approximate surface area is 108 Å². The summed E-state index contributed by atoms with van der Waals surface area (Å²) >= 11 is 0. The Bertz CT molecular complexity index is 413. The molecule has 0 aromatic carbocycles. The molecule has 1 atom stereocenters. The van der Waals surface area contributed by atoms with Crippen LogP contribution >= 0.6 is 0 Å². The maximum atomic E-state index is 11.7. The lowest BCUT2D eigenvalue weighted by Gasteiger charge is -2.19. The molecule has 0 fully saturated rings. The molecule has 0 bridgehead atoms. The molecular weight excluding hydrogens is 230 g/mol. The van der Waals surface area contributed by atoms with Crippen molar-refractivity contribution in [2.24, 2.45) is 0 Å². The van der Waals surface area contributed by atoms with E-state index in [1.165, 1.54) is 0 Å². The fourth-order valence-corrected chi connectivity index (χ4v) is 2.22. The summed E-state index contributed by atoms with van der Waals surface area (Å²) in [5, 5.41) is 0. The Morgan fingerprint density at radius 1 is 1.44 bits per heavy atom. The first-order valence-electron chi connectivity index (χ1n) is 6.58. The number of nitrogens with two attached hydrogens (primary N) is 1. The minimum absolute atomic E-state index is 0.240. The third kappa shape index (κ3) is 2.83. The van der Waals surface area contributed by atoms with Crippen LogP contribution in [0.15, 0.2) is 0 Å². The molecule has 1 rings (SSSR count). The van der Waals surface area contributed by atoms with Crippen LogP contribution in [0.3, 0.4) is 0 Å². The highest BCUT2D eigenvalue weighted by Gasteiger charge is 2.22. The summed E-state index contributed by atoms with van der Waals surface area (Å²) in [4.78, 5) is 16.0. The zero-order chi connectivity index (χ0) is 13.7. The standard InChI is InChI=1S/C13H23N3O2/c1-5-8-10(6-2)16-9(4)15-11(12(16)14)13(17)18-7-3/h10H,5-8,14H2,1-4H3. The number of esters is 1. The predicted octanol–water partition coefficient (Wildman–Crippen LogP) is 2.70. The normalized spacial score (nSPS) is 12.4. The van der Waals surface area contributed by atoms with Gasteiger partial charge < -0.3 is 15.0 Å². The Kier molecular flexibility index (Phi) is 5.19. The SMILES string of the molecule is CCCC(CC)n1c(C)nc(C(=O)OCC)c1N. The highest BCUT2D eigenvalue weighted by Crippen LogP contribution is 2.26. The van der Waals surface area contributed by atoms with Gasteiger partial charge in [0.15, 0.2) is 5.69 Å². The van der Waals surface area contributed by atoms with E-state index in [9.17, 15) is 4.79 Å². The van der Waals surface area contributed by atoms with Gasteiger partial charge in [-0.2, -0.15) is 0 Å². The molecule has 1 heterocycles. The number of hydrogen-bond acceptors (Lipinski definition) is 4. The molecule has 1 unspecified atom stereocenters. The van der Waals surface area contributed by atoms with Crippen molar-refractivity contribution in [2.75, 3.05) is 12.3 Å². The average molecular weight is 253 g/mol. The number of carbonyl (C=O) groups excluding carboxylic acids is 1. The second-order valence-corrected chi connectivity index (χ2v) is 4.33. The summed E-state index contributed by atoms with van der Waals surface area (Å²) in [6, 6.07) is 0.297. The number of hydrogen-bond donors (Lipinski definition) is 1. The first kappa shape index (κ1) is 14.5. The number of carbonyl (C=O) groups is 1. The molecule has 0 aliphatic rings. The van der Waals surface area contributed by atoms with Crippen molar-refractivity contribution in [1.82, 2.24) is 9.55 Å². The molecule has 0 amide bonds. The van der Waals surface area contributed by atoms with Crippen molar-refractivity contribution in [3.05, 3.63) is 11.5 Å². The van der Waals surface area contributed by atoms with E-state index in [2.05, 4.69) is 18.8 Å². The fraction of sp³-hybridized carbons (Fsp3) is 0.692. The fourth-order valence-electron chi connectivity index (χ4n) is 2.22. The van der Waals surface area contributed by atoms with E-state index in [0.29, 0.717) is 18.5 Å². The Balaban J connectivity index is 3.10. The van der Waals surface area contributed by atoms with Crippen LogP contribution in [0.4, 0.5) is 5.82 Å². The van der Waals surface area contributed by atoms with Crippen LogP contribution in [-0.4, -0.2) is 22.1 Å². The molecule has 18 heavy (non-hydrogen) atoms. The summed E-state index contributed by atoms with van der Waals surface area (Å²) in [7, 11) is 0. The van der Waals surface area contributed by atoms with Crippen molar-refractivity contribution in [3.8, 4) is 0 Å². The van der Waals surface area contributed by atoms with Crippen molar-refractivity contribution >= 4 is 11.8 Å². The zero-order valence-corrected chi connectivity index (χ0v) is 11.7. The molecule has 0 aliphatic heterocycles. The zero-order valence-electron chi connectivity index (χ0n) is 11.7. The van der Waals surface area contributed by atoms with Crippen LogP contribution < -0.4 is 5.73 Å². The number of nitrogen functional groups attached to an aromatic ring is 1. The molecule has 102 valence electrons. The molecule has 0 spiro atoms. The van der Waals surface area contributed by atoms with Crippen LogP contribution in [0.5, 0.6) is 0 Å². The van der Waals surface area contributed by atoms with Gasteiger partial charge >= 0.3 is 5.97 Å². The van der Waals surface area contributed by atoms with Gasteiger partial charge in [0.25, 0.3) is 0 Å². The third-order valence-corrected chi connectivity index (χ3v) is 3.05. The van der Waals surface area contributed by atoms with Gasteiger partial charge in [0.05, 0.1) is 6.61 Å². The first-order chi connectivity index (χ1) is 8.56. The van der Waals surface area contributed by atoms with Gasteiger partial charge in [0.1, 0.15) is 11.6 Å². The van der Waals surface area contributed by atoms with Crippen molar-refractivity contribution < 1.29 is 9.53 Å². The van der Waals surface area contributed by atoms with Gasteiger partial charge in [-0.1, -0.05) is 20.3 Å². The summed E-state index contributed by atoms with van der Waals surface area (Å²) in [5.74, 6) is 0.755. The molecule has 2 N–H and O–H groups in total. The van der Waals surface area contributed by atoms with E-state index in [1.807, 2.05) is 11.5 Å². The van der Waals surface area contributed by atoms with E-state index in [0.717, 1.165) is 25.1 Å². The minimum atomic E-state index is -0.441. The maximum absolute atomic E-state index is 11.7. The summed E-state index contributed by atoms with van der Waals surface area (Å²) in [6.45, 7) is 8.22. The van der Waals surface area contributed by atoms with Crippen LogP contribution in [-0.2, 0) is 4.74 Å². The highest BCUT2D eigenvalue weighted by molar-refractivity contribution is 5.92. The van der Waals surface area contributed by atoms with Crippen LogP contribution in [0.25, 0.3) is 0 Å². The average Bonchev–Trinajstić information content (AvgIpc) is 2.63. The quantitative estimate of drug-likeness (QED) is 0.791. The van der Waals surface area contributed by atoms with Crippen LogP contribution in [0.1, 0.15) is 62.4 Å². The number of rotatable bonds is 6. The number of anilines is 1. The van der Waals surface area contributed by atoms with Crippen molar-refractivity contribution in [2.45, 2.75) is 53.0 Å². The monoisotopic (exact) mass is 253 g/mol. The van der Waals surface area contributed by atoms with Crippen molar-refractivity contribution in [3.63, 3.8) is 0 Å². The van der Waals surface area contributed by atoms with Gasteiger partial charge in [-0.25, -0.2) is 9.78 Å². The van der Waals surface area contributed by atoms with Gasteiger partial charge in [-0.15, -0.1) is 0 Å². The van der Waals surface area contributed by atoms with E-state index < -0.39 is 5.97 Å². The Morgan fingerprint density at radius 3 is 2.61 bits per heavy atom. The van der Waals surface area contributed by atoms with Crippen molar-refractivity contribution in [1.29, 1.82) is 0 Å². The van der Waals surface area contributed by atoms with Crippen LogP contribution in [0.2, 0.25) is 0 Å². The Morgan fingerprint density at radius 2 is 2.11 bits per heavy atom. The number of aryl methyl sites for hydroxylation is 1. The molecule has 0 saturated heterocycles. The lowest BCUT2D eigenvalue weighted by Crippen LogP contribution is -2.14. The number of nitrogens with zero attached hydrogens (tertiary/aromatic N) is 2. The lowest BCUT2D eigenvalue weighted by molar-refractivity contribution is 0.0521. The second kappa shape index (κ2) is 6.42. The molecule has 0 radical (unpaired) electrons. The molecule has 0 aliphatic carbocycles. The molecule has 0 saturated carbocycles. The van der Waals surface area contributed by atoms with E-state index >= 15 is 0 Å².